The van der Waals surface area contributed by atoms with Gasteiger partial charge in [-0.2, -0.15) is 4.98 Å². The zero-order valence-electron chi connectivity index (χ0n) is 12.9. The van der Waals surface area contributed by atoms with Crippen LogP contribution in [0, 0.1) is 0 Å². The van der Waals surface area contributed by atoms with Crippen LogP contribution in [0.1, 0.15) is 49.5 Å². The smallest absolute Gasteiger partial charge is 0.231 e. The Kier molecular flexibility index (Phi) is 5.09. The Hall–Kier alpha value is -1.72. The first-order valence-electron chi connectivity index (χ1n) is 7.34. The molecule has 0 fully saturated rings. The van der Waals surface area contributed by atoms with Crippen LogP contribution >= 0.6 is 0 Å². The lowest BCUT2D eigenvalue weighted by Crippen LogP contribution is -2.28. The Morgan fingerprint density at radius 3 is 2.43 bits per heavy atom. The number of rotatable bonds is 7. The molecule has 2 N–H and O–H groups in total. The minimum Gasteiger partial charge on any atom is -0.370 e. The predicted molar refractivity (Wildman–Crippen MR) is 80.7 cm³/mol. The van der Waals surface area contributed by atoms with Crippen molar-refractivity contribution in [2.24, 2.45) is 5.73 Å². The molecular formula is C16H23N3O2. The molecule has 114 valence electrons. The Bertz CT molecular complexity index is 568. The van der Waals surface area contributed by atoms with Crippen molar-refractivity contribution in [2.45, 2.75) is 45.3 Å². The summed E-state index contributed by atoms with van der Waals surface area (Å²) in [5, 5.41) is 4.11. The van der Waals surface area contributed by atoms with Crippen molar-refractivity contribution in [3.63, 3.8) is 0 Å². The summed E-state index contributed by atoms with van der Waals surface area (Å²) in [7, 11) is 1.69. The molecule has 0 saturated carbocycles. The molecule has 0 aliphatic rings. The van der Waals surface area contributed by atoms with E-state index >= 15 is 0 Å². The summed E-state index contributed by atoms with van der Waals surface area (Å²) in [6, 6.07) is 8.03. The lowest BCUT2D eigenvalue weighted by molar-refractivity contribution is -0.0306. The van der Waals surface area contributed by atoms with Crippen molar-refractivity contribution in [3.05, 3.63) is 47.1 Å². The van der Waals surface area contributed by atoms with Crippen molar-refractivity contribution in [1.29, 1.82) is 0 Å². The van der Waals surface area contributed by atoms with Crippen molar-refractivity contribution in [2.75, 3.05) is 7.11 Å². The highest BCUT2D eigenvalue weighted by Crippen LogP contribution is 2.30. The highest BCUT2D eigenvalue weighted by Gasteiger charge is 2.33. The van der Waals surface area contributed by atoms with Crippen LogP contribution in [-0.2, 0) is 23.3 Å². The van der Waals surface area contributed by atoms with Gasteiger partial charge in [-0.05, 0) is 24.0 Å². The third-order valence-corrected chi connectivity index (χ3v) is 4.09. The predicted octanol–water partition coefficient (Wildman–Crippen LogP) is 2.78. The van der Waals surface area contributed by atoms with Gasteiger partial charge in [0.05, 0.1) is 6.42 Å². The van der Waals surface area contributed by atoms with Gasteiger partial charge in [0, 0.05) is 13.7 Å². The molecule has 5 heteroatoms. The molecule has 0 atom stereocenters. The molecule has 0 saturated heterocycles. The molecule has 0 aliphatic carbocycles. The van der Waals surface area contributed by atoms with Crippen LogP contribution in [0.15, 0.2) is 28.8 Å². The molecule has 1 aromatic heterocycles. The number of methoxy groups -OCH3 is 1. The minimum absolute atomic E-state index is 0.463. The van der Waals surface area contributed by atoms with Crippen LogP contribution in [0.3, 0.4) is 0 Å². The van der Waals surface area contributed by atoms with Gasteiger partial charge >= 0.3 is 0 Å². The topological polar surface area (TPSA) is 74.2 Å². The van der Waals surface area contributed by atoms with E-state index in [1.165, 1.54) is 0 Å². The molecule has 1 aromatic carbocycles. The molecule has 0 bridgehead atoms. The van der Waals surface area contributed by atoms with Crippen LogP contribution in [-0.4, -0.2) is 17.3 Å². The highest BCUT2D eigenvalue weighted by atomic mass is 16.5. The third kappa shape index (κ3) is 3.14. The second-order valence-electron chi connectivity index (χ2n) is 5.07. The van der Waals surface area contributed by atoms with E-state index in [-0.39, 0.29) is 0 Å². The maximum Gasteiger partial charge on any atom is 0.231 e. The number of nitrogens with zero attached hydrogens (tertiary/aromatic N) is 2. The monoisotopic (exact) mass is 289 g/mol. The van der Waals surface area contributed by atoms with E-state index in [0.717, 1.165) is 24.0 Å². The average molecular weight is 289 g/mol. The molecule has 2 aromatic rings. The number of nitrogens with two attached hydrogens (primary N) is 1. The molecule has 0 radical (unpaired) electrons. The molecule has 0 spiro atoms. The van der Waals surface area contributed by atoms with Gasteiger partial charge in [-0.15, -0.1) is 0 Å². The molecule has 2 rings (SSSR count). The van der Waals surface area contributed by atoms with Crippen molar-refractivity contribution in [3.8, 4) is 0 Å². The first-order chi connectivity index (χ1) is 10.2. The number of ether oxygens (including phenoxy) is 1. The van der Waals surface area contributed by atoms with Gasteiger partial charge < -0.3 is 15.0 Å². The zero-order chi connectivity index (χ0) is 15.3. The molecular weight excluding hydrogens is 266 g/mol. The molecule has 21 heavy (non-hydrogen) atoms. The van der Waals surface area contributed by atoms with Crippen LogP contribution < -0.4 is 5.73 Å². The van der Waals surface area contributed by atoms with Gasteiger partial charge in [-0.25, -0.2) is 0 Å². The van der Waals surface area contributed by atoms with E-state index in [1.54, 1.807) is 7.11 Å². The van der Waals surface area contributed by atoms with E-state index in [1.807, 2.05) is 24.3 Å². The van der Waals surface area contributed by atoms with Crippen LogP contribution in [0.4, 0.5) is 0 Å². The molecule has 0 aliphatic heterocycles. The minimum atomic E-state index is -0.463. The zero-order valence-corrected chi connectivity index (χ0v) is 12.9. The number of hydrogen-bond donors (Lipinski definition) is 1. The van der Waals surface area contributed by atoms with E-state index in [9.17, 15) is 0 Å². The Balaban J connectivity index is 2.24. The Labute approximate surface area is 125 Å². The SMILES string of the molecule is CCC(CC)(OC)c1noc(Cc2ccccc2CN)n1. The van der Waals surface area contributed by atoms with Crippen molar-refractivity contribution >= 4 is 0 Å². The summed E-state index contributed by atoms with van der Waals surface area (Å²) < 4.78 is 11.0. The maximum atomic E-state index is 5.76. The summed E-state index contributed by atoms with van der Waals surface area (Å²) >= 11 is 0. The fraction of sp³-hybridized carbons (Fsp3) is 0.500. The maximum absolute atomic E-state index is 5.76. The fourth-order valence-electron chi connectivity index (χ4n) is 2.55. The van der Waals surface area contributed by atoms with Crippen molar-refractivity contribution in [1.82, 2.24) is 10.1 Å². The summed E-state index contributed by atoms with van der Waals surface area (Å²) in [5.41, 5.74) is 7.51. The van der Waals surface area contributed by atoms with E-state index in [2.05, 4.69) is 24.0 Å². The van der Waals surface area contributed by atoms with Gasteiger partial charge in [0.1, 0.15) is 5.60 Å². The van der Waals surface area contributed by atoms with E-state index in [0.29, 0.717) is 24.7 Å². The summed E-state index contributed by atoms with van der Waals surface area (Å²) in [5.74, 6) is 1.21. The first-order valence-corrected chi connectivity index (χ1v) is 7.34. The van der Waals surface area contributed by atoms with Gasteiger partial charge in [0.2, 0.25) is 11.7 Å². The number of hydrogen-bond acceptors (Lipinski definition) is 5. The van der Waals surface area contributed by atoms with Gasteiger partial charge in [0.15, 0.2) is 0 Å². The van der Waals surface area contributed by atoms with Gasteiger partial charge in [-0.3, -0.25) is 0 Å². The lowest BCUT2D eigenvalue weighted by atomic mass is 9.96. The van der Waals surface area contributed by atoms with Crippen LogP contribution in [0.25, 0.3) is 0 Å². The van der Waals surface area contributed by atoms with Gasteiger partial charge in [-0.1, -0.05) is 43.3 Å². The summed E-state index contributed by atoms with van der Waals surface area (Å²) in [6.45, 7) is 4.63. The van der Waals surface area contributed by atoms with Gasteiger partial charge in [0.25, 0.3) is 0 Å². The Morgan fingerprint density at radius 1 is 1.19 bits per heavy atom. The quantitative estimate of drug-likeness (QED) is 0.848. The third-order valence-electron chi connectivity index (χ3n) is 4.09. The largest absolute Gasteiger partial charge is 0.370 e. The molecule has 0 unspecified atom stereocenters. The molecule has 1 heterocycles. The van der Waals surface area contributed by atoms with E-state index in [4.69, 9.17) is 15.0 Å². The normalized spacial score (nSPS) is 11.8. The average Bonchev–Trinajstić information content (AvgIpc) is 2.99. The lowest BCUT2D eigenvalue weighted by Gasteiger charge is -2.25. The highest BCUT2D eigenvalue weighted by molar-refractivity contribution is 5.29. The van der Waals surface area contributed by atoms with Crippen LogP contribution in [0.5, 0.6) is 0 Å². The van der Waals surface area contributed by atoms with Crippen LogP contribution in [0.2, 0.25) is 0 Å². The summed E-state index contributed by atoms with van der Waals surface area (Å²) in [4.78, 5) is 4.52. The standard InChI is InChI=1S/C16H23N3O2/c1-4-16(5-2,20-3)15-18-14(21-19-15)10-12-8-6-7-9-13(12)11-17/h6-9H,4-5,10-11,17H2,1-3H3. The number of aromatic nitrogens is 2. The second-order valence-corrected chi connectivity index (χ2v) is 5.07. The summed E-state index contributed by atoms with van der Waals surface area (Å²) in [6.07, 6.45) is 2.20. The second kappa shape index (κ2) is 6.83. The Morgan fingerprint density at radius 2 is 1.86 bits per heavy atom. The fourth-order valence-corrected chi connectivity index (χ4v) is 2.55. The number of benzene rings is 1. The molecule has 0 amide bonds. The van der Waals surface area contributed by atoms with E-state index < -0.39 is 5.60 Å². The first kappa shape index (κ1) is 15.7. The molecule has 5 nitrogen and oxygen atoms in total. The van der Waals surface area contributed by atoms with Crippen molar-refractivity contribution < 1.29 is 9.26 Å².